The van der Waals surface area contributed by atoms with Gasteiger partial charge in [-0.2, -0.15) is 0 Å². The summed E-state index contributed by atoms with van der Waals surface area (Å²) in [7, 11) is 1.18. The van der Waals surface area contributed by atoms with E-state index in [0.717, 1.165) is 11.0 Å². The van der Waals surface area contributed by atoms with Crippen molar-refractivity contribution in [3.8, 4) is 11.5 Å². The van der Waals surface area contributed by atoms with Gasteiger partial charge < -0.3 is 9.84 Å². The molecule has 8 nitrogen and oxygen atoms in total. The molecule has 6 atom stereocenters. The van der Waals surface area contributed by atoms with Crippen LogP contribution in [0.25, 0.3) is 0 Å². The fourth-order valence-corrected chi connectivity index (χ4v) is 8.98. The Bertz CT molecular complexity index is 2090. The van der Waals surface area contributed by atoms with E-state index in [2.05, 4.69) is 0 Å². The second-order valence-corrected chi connectivity index (χ2v) is 14.3. The van der Waals surface area contributed by atoms with Crippen LogP contribution in [0.4, 0.5) is 33.3 Å². The standard InChI is InChI=1S/C33H19Cl4F5N2O6/c1-50-18-9-11(8-17(35)27(18)45)20-14-6-7-15-19(29(47)43(28(15)46)13-4-2-12(34)3-5-13)16(14)10-32(36)30(48)44(31(49)33(20,32)37)26-24(41)22(39)21(38)23(40)25(26)42/h2-6,8-9,15-16,19-20,45H,7,10H2,1H3. The van der Waals surface area contributed by atoms with Crippen molar-refractivity contribution < 1.29 is 51.0 Å². The minimum Gasteiger partial charge on any atom is -0.503 e. The molecule has 2 saturated heterocycles. The molecule has 7 rings (SSSR count). The second kappa shape index (κ2) is 11.6. The van der Waals surface area contributed by atoms with E-state index in [9.17, 15) is 37.5 Å². The molecule has 4 aliphatic rings. The number of aromatic hydroxyl groups is 1. The average molecular weight is 776 g/mol. The van der Waals surface area contributed by atoms with Gasteiger partial charge in [-0.3, -0.25) is 24.1 Å². The molecule has 1 saturated carbocycles. The van der Waals surface area contributed by atoms with Crippen molar-refractivity contribution in [2.75, 3.05) is 16.9 Å². The number of phenolic OH excluding ortho intramolecular Hbond substituents is 1. The number of allylic oxidation sites excluding steroid dienone is 2. The minimum atomic E-state index is -2.77. The Hall–Kier alpha value is -3.91. The molecule has 260 valence electrons. The van der Waals surface area contributed by atoms with Gasteiger partial charge in [0, 0.05) is 10.9 Å². The fourth-order valence-electron chi connectivity index (χ4n) is 7.70. The van der Waals surface area contributed by atoms with Crippen molar-refractivity contribution in [3.63, 3.8) is 0 Å². The van der Waals surface area contributed by atoms with Crippen molar-refractivity contribution in [2.45, 2.75) is 28.5 Å². The highest BCUT2D eigenvalue weighted by Gasteiger charge is 2.77. The van der Waals surface area contributed by atoms with Crippen molar-refractivity contribution in [3.05, 3.63) is 92.7 Å². The predicted molar refractivity (Wildman–Crippen MR) is 170 cm³/mol. The maximum atomic E-state index is 15.2. The van der Waals surface area contributed by atoms with Crippen molar-refractivity contribution in [1.82, 2.24) is 0 Å². The fraction of sp³-hybridized carbons (Fsp3) is 0.273. The van der Waals surface area contributed by atoms with Crippen LogP contribution in [0.3, 0.4) is 0 Å². The van der Waals surface area contributed by atoms with E-state index >= 15 is 8.78 Å². The number of carbonyl (C=O) groups excluding carboxylic acids is 4. The van der Waals surface area contributed by atoms with Crippen molar-refractivity contribution in [2.24, 2.45) is 17.8 Å². The molecule has 50 heavy (non-hydrogen) atoms. The van der Waals surface area contributed by atoms with Crippen LogP contribution in [0.15, 0.2) is 48.0 Å². The number of phenols is 1. The van der Waals surface area contributed by atoms with Gasteiger partial charge in [0.2, 0.25) is 17.6 Å². The Balaban J connectivity index is 1.45. The summed E-state index contributed by atoms with van der Waals surface area (Å²) in [6, 6.07) is 8.19. The Labute approximate surface area is 298 Å². The summed E-state index contributed by atoms with van der Waals surface area (Å²) < 4.78 is 78.5. The van der Waals surface area contributed by atoms with Crippen LogP contribution >= 0.6 is 46.4 Å². The molecule has 0 aromatic heterocycles. The number of benzene rings is 3. The zero-order chi connectivity index (χ0) is 36.4. The van der Waals surface area contributed by atoms with Gasteiger partial charge in [-0.15, -0.1) is 23.2 Å². The van der Waals surface area contributed by atoms with Gasteiger partial charge >= 0.3 is 0 Å². The van der Waals surface area contributed by atoms with Crippen LogP contribution in [0.1, 0.15) is 24.3 Å². The molecule has 0 radical (unpaired) electrons. The Kier molecular flexibility index (Phi) is 7.98. The normalized spacial score (nSPS) is 28.9. The van der Waals surface area contributed by atoms with Gasteiger partial charge in [-0.1, -0.05) is 34.9 Å². The average Bonchev–Trinajstić information content (AvgIpc) is 3.42. The molecule has 0 bridgehead atoms. The van der Waals surface area contributed by atoms with Gasteiger partial charge in [0.25, 0.3) is 11.8 Å². The third-order valence-electron chi connectivity index (χ3n) is 9.91. The first-order valence-corrected chi connectivity index (χ1v) is 16.2. The molecule has 1 N–H and O–H groups in total. The zero-order valence-corrected chi connectivity index (χ0v) is 28.1. The van der Waals surface area contributed by atoms with E-state index in [1.165, 1.54) is 43.5 Å². The number of halogens is 9. The number of ether oxygens (including phenoxy) is 1. The number of imide groups is 2. The molecule has 2 aliphatic carbocycles. The van der Waals surface area contributed by atoms with E-state index in [1.54, 1.807) is 0 Å². The minimum absolute atomic E-state index is 0.0363. The maximum absolute atomic E-state index is 15.2. The zero-order valence-electron chi connectivity index (χ0n) is 25.0. The van der Waals surface area contributed by atoms with Crippen LogP contribution in [0, 0.1) is 46.8 Å². The number of hydrogen-bond donors (Lipinski definition) is 1. The second-order valence-electron chi connectivity index (χ2n) is 12.2. The lowest BCUT2D eigenvalue weighted by atomic mass is 9.56. The Morgan fingerprint density at radius 2 is 1.42 bits per heavy atom. The molecule has 3 fully saturated rings. The number of anilines is 2. The molecular formula is C33H19Cl4F5N2O6. The van der Waals surface area contributed by atoms with Gasteiger partial charge in [0.1, 0.15) is 5.69 Å². The summed E-state index contributed by atoms with van der Waals surface area (Å²) in [5.41, 5.74) is -1.55. The molecule has 2 aliphatic heterocycles. The lowest BCUT2D eigenvalue weighted by molar-refractivity contribution is -0.125. The molecule has 2 heterocycles. The van der Waals surface area contributed by atoms with Gasteiger partial charge in [0.05, 0.1) is 29.7 Å². The topological polar surface area (TPSA) is 104 Å². The number of methoxy groups -OCH3 is 1. The van der Waals surface area contributed by atoms with E-state index in [1.807, 2.05) is 0 Å². The first-order chi connectivity index (χ1) is 23.5. The molecule has 3 aromatic rings. The molecule has 4 amide bonds. The smallest absolute Gasteiger partial charge is 0.258 e. The number of nitrogens with zero attached hydrogens (tertiary/aromatic N) is 2. The third kappa shape index (κ3) is 4.36. The molecule has 17 heteroatoms. The monoisotopic (exact) mass is 774 g/mol. The van der Waals surface area contributed by atoms with Crippen LogP contribution < -0.4 is 14.5 Å². The lowest BCUT2D eigenvalue weighted by Gasteiger charge is -2.50. The SMILES string of the molecule is COc1cc(C2C3=CCC4C(=O)N(c5ccc(Cl)cc5)C(=O)C4C3CC3(Cl)C(=O)N(c4c(F)c(F)c(F)c(F)c4F)C(=O)C23Cl)cc(Cl)c1O. The van der Waals surface area contributed by atoms with E-state index in [0.29, 0.717) is 5.02 Å². The van der Waals surface area contributed by atoms with Gasteiger partial charge in [-0.25, -0.2) is 26.9 Å². The van der Waals surface area contributed by atoms with Crippen LogP contribution in [-0.2, 0) is 19.2 Å². The quantitative estimate of drug-likeness (QED) is 0.0753. The van der Waals surface area contributed by atoms with E-state index < -0.39 is 104 Å². The number of alkyl halides is 2. The van der Waals surface area contributed by atoms with Crippen LogP contribution in [0.5, 0.6) is 11.5 Å². The van der Waals surface area contributed by atoms with Crippen molar-refractivity contribution in [1.29, 1.82) is 0 Å². The summed E-state index contributed by atoms with van der Waals surface area (Å²) in [6.07, 6.45) is 0.768. The lowest BCUT2D eigenvalue weighted by Crippen LogP contribution is -2.60. The highest BCUT2D eigenvalue weighted by atomic mass is 35.5. The van der Waals surface area contributed by atoms with Crippen molar-refractivity contribution >= 4 is 81.4 Å². The Morgan fingerprint density at radius 1 is 0.820 bits per heavy atom. The predicted octanol–water partition coefficient (Wildman–Crippen LogP) is 7.17. The number of carbonyl (C=O) groups is 4. The summed E-state index contributed by atoms with van der Waals surface area (Å²) >= 11 is 26.5. The number of rotatable bonds is 4. The third-order valence-corrected chi connectivity index (χ3v) is 11.9. The molecule has 6 unspecified atom stereocenters. The Morgan fingerprint density at radius 3 is 2.02 bits per heavy atom. The summed E-state index contributed by atoms with van der Waals surface area (Å²) in [4.78, 5) is 51.7. The number of fused-ring (bicyclic) bond motifs is 4. The largest absolute Gasteiger partial charge is 0.503 e. The van der Waals surface area contributed by atoms with Crippen LogP contribution in [-0.4, -0.2) is 45.6 Å². The van der Waals surface area contributed by atoms with Crippen LogP contribution in [0.2, 0.25) is 10.0 Å². The first kappa shape index (κ1) is 34.5. The molecule has 3 aromatic carbocycles. The molecular weight excluding hydrogens is 757 g/mol. The maximum Gasteiger partial charge on any atom is 0.258 e. The summed E-state index contributed by atoms with van der Waals surface area (Å²) in [5.74, 6) is -22.7. The van der Waals surface area contributed by atoms with E-state index in [4.69, 9.17) is 51.1 Å². The van der Waals surface area contributed by atoms with Gasteiger partial charge in [-0.05, 0) is 60.7 Å². The van der Waals surface area contributed by atoms with Gasteiger partial charge in [0.15, 0.2) is 44.5 Å². The molecule has 0 spiro atoms. The number of amides is 4. The highest BCUT2D eigenvalue weighted by molar-refractivity contribution is 6.58. The summed E-state index contributed by atoms with van der Waals surface area (Å²) in [6.45, 7) is 0. The van der Waals surface area contributed by atoms with E-state index in [-0.39, 0.29) is 38.9 Å². The highest BCUT2D eigenvalue weighted by Crippen LogP contribution is 2.66. The number of hydrogen-bond acceptors (Lipinski definition) is 6. The summed E-state index contributed by atoms with van der Waals surface area (Å²) in [5, 5.41) is 10.5. The first-order valence-electron chi connectivity index (χ1n) is 14.7.